The van der Waals surface area contributed by atoms with Crippen LogP contribution in [0.5, 0.6) is 0 Å². The van der Waals surface area contributed by atoms with Gasteiger partial charge in [-0.2, -0.15) is 0 Å². The lowest BCUT2D eigenvalue weighted by atomic mass is 9.83. The number of carbonyl (C=O) groups is 1. The quantitative estimate of drug-likeness (QED) is 0.619. The lowest BCUT2D eigenvalue weighted by Gasteiger charge is -2.31. The lowest BCUT2D eigenvalue weighted by Crippen LogP contribution is -2.57. The first-order chi connectivity index (χ1) is 8.69. The second-order valence-electron chi connectivity index (χ2n) is 5.72. The number of ether oxygens (including phenoxy) is 1. The van der Waals surface area contributed by atoms with Crippen molar-refractivity contribution < 1.29 is 14.6 Å². The van der Waals surface area contributed by atoms with Crippen molar-refractivity contribution in [2.24, 2.45) is 11.8 Å². The van der Waals surface area contributed by atoms with E-state index in [0.717, 1.165) is 25.2 Å². The van der Waals surface area contributed by atoms with Gasteiger partial charge in [0, 0.05) is 6.61 Å². The summed E-state index contributed by atoms with van der Waals surface area (Å²) in [4.78, 5) is 11.5. The van der Waals surface area contributed by atoms with Crippen molar-refractivity contribution >= 4 is 5.97 Å². The largest absolute Gasteiger partial charge is 0.480 e. The molecule has 18 heavy (non-hydrogen) atoms. The van der Waals surface area contributed by atoms with Crippen molar-refractivity contribution in [1.29, 1.82) is 0 Å². The molecule has 104 valence electrons. The fourth-order valence-electron chi connectivity index (χ4n) is 2.78. The maximum Gasteiger partial charge on any atom is 0.326 e. The first-order valence-electron chi connectivity index (χ1n) is 7.25. The molecule has 0 aromatic heterocycles. The van der Waals surface area contributed by atoms with E-state index in [2.05, 4.69) is 5.32 Å². The average molecular weight is 255 g/mol. The van der Waals surface area contributed by atoms with E-state index >= 15 is 0 Å². The molecule has 2 saturated carbocycles. The Kier molecular flexibility index (Phi) is 4.62. The molecule has 2 rings (SSSR count). The van der Waals surface area contributed by atoms with Crippen molar-refractivity contribution in [1.82, 2.24) is 5.32 Å². The number of hydrogen-bond acceptors (Lipinski definition) is 3. The summed E-state index contributed by atoms with van der Waals surface area (Å²) >= 11 is 0. The number of nitrogens with one attached hydrogen (secondary N) is 1. The van der Waals surface area contributed by atoms with Crippen molar-refractivity contribution in [2.45, 2.75) is 51.0 Å². The molecule has 0 saturated heterocycles. The SMILES string of the molecule is CCNC(COCCC1CCC1)(C(=O)O)C1CC1. The summed E-state index contributed by atoms with van der Waals surface area (Å²) < 4.78 is 5.68. The maximum absolute atomic E-state index is 11.5. The van der Waals surface area contributed by atoms with Gasteiger partial charge in [0.05, 0.1) is 6.61 Å². The van der Waals surface area contributed by atoms with Gasteiger partial charge in [-0.15, -0.1) is 0 Å². The van der Waals surface area contributed by atoms with E-state index in [1.807, 2.05) is 6.92 Å². The summed E-state index contributed by atoms with van der Waals surface area (Å²) in [5.41, 5.74) is -0.839. The first-order valence-corrected chi connectivity index (χ1v) is 7.25. The highest BCUT2D eigenvalue weighted by Gasteiger charge is 2.51. The topological polar surface area (TPSA) is 58.6 Å². The maximum atomic E-state index is 11.5. The van der Waals surface area contributed by atoms with Crippen LogP contribution in [0.1, 0.15) is 45.4 Å². The van der Waals surface area contributed by atoms with Crippen LogP contribution in [0.25, 0.3) is 0 Å². The monoisotopic (exact) mass is 255 g/mol. The Bertz CT molecular complexity index is 287. The van der Waals surface area contributed by atoms with Gasteiger partial charge in [0.1, 0.15) is 5.54 Å². The third kappa shape index (κ3) is 3.04. The molecule has 0 radical (unpaired) electrons. The molecule has 2 N–H and O–H groups in total. The lowest BCUT2D eigenvalue weighted by molar-refractivity contribution is -0.149. The van der Waals surface area contributed by atoms with E-state index in [-0.39, 0.29) is 5.92 Å². The summed E-state index contributed by atoms with van der Waals surface area (Å²) in [5.74, 6) is 0.318. The van der Waals surface area contributed by atoms with Crippen LogP contribution in [0.4, 0.5) is 0 Å². The van der Waals surface area contributed by atoms with Gasteiger partial charge in [0.2, 0.25) is 0 Å². The van der Waals surface area contributed by atoms with E-state index in [4.69, 9.17) is 4.74 Å². The van der Waals surface area contributed by atoms with E-state index in [0.29, 0.717) is 19.8 Å². The highest BCUT2D eigenvalue weighted by Crippen LogP contribution is 2.40. The van der Waals surface area contributed by atoms with Gasteiger partial charge >= 0.3 is 5.97 Å². The minimum absolute atomic E-state index is 0.249. The van der Waals surface area contributed by atoms with Crippen LogP contribution in [0.3, 0.4) is 0 Å². The third-order valence-corrected chi connectivity index (χ3v) is 4.37. The zero-order valence-electron chi connectivity index (χ0n) is 11.3. The molecule has 2 aliphatic rings. The van der Waals surface area contributed by atoms with E-state index in [1.54, 1.807) is 0 Å². The van der Waals surface area contributed by atoms with Crippen LogP contribution >= 0.6 is 0 Å². The summed E-state index contributed by atoms with van der Waals surface area (Å²) in [5, 5.41) is 12.6. The molecule has 0 amide bonds. The molecule has 0 aliphatic heterocycles. The smallest absolute Gasteiger partial charge is 0.326 e. The minimum atomic E-state index is -0.839. The van der Waals surface area contributed by atoms with Crippen LogP contribution < -0.4 is 5.32 Å². The van der Waals surface area contributed by atoms with Gasteiger partial charge in [-0.05, 0) is 37.6 Å². The zero-order chi connectivity index (χ0) is 13.0. The predicted octanol–water partition coefficient (Wildman–Crippen LogP) is 2.04. The summed E-state index contributed by atoms with van der Waals surface area (Å²) in [7, 11) is 0. The van der Waals surface area contributed by atoms with Gasteiger partial charge in [-0.3, -0.25) is 10.1 Å². The Morgan fingerprint density at radius 3 is 2.56 bits per heavy atom. The molecule has 4 nitrogen and oxygen atoms in total. The number of rotatable bonds is 9. The first kappa shape index (κ1) is 13.8. The fourth-order valence-corrected chi connectivity index (χ4v) is 2.78. The van der Waals surface area contributed by atoms with Gasteiger partial charge in [-0.25, -0.2) is 0 Å². The molecule has 0 aromatic rings. The van der Waals surface area contributed by atoms with E-state index in [9.17, 15) is 9.90 Å². The van der Waals surface area contributed by atoms with Gasteiger partial charge in [0.25, 0.3) is 0 Å². The van der Waals surface area contributed by atoms with Crippen molar-refractivity contribution in [2.75, 3.05) is 19.8 Å². The molecular formula is C14H25NO3. The Hall–Kier alpha value is -0.610. The number of likely N-dealkylation sites (N-methyl/N-ethyl adjacent to an activating group) is 1. The van der Waals surface area contributed by atoms with E-state index in [1.165, 1.54) is 19.3 Å². The summed E-state index contributed by atoms with van der Waals surface area (Å²) in [6.07, 6.45) is 7.10. The molecule has 0 spiro atoms. The van der Waals surface area contributed by atoms with Crippen molar-refractivity contribution in [3.05, 3.63) is 0 Å². The molecule has 4 heteroatoms. The molecule has 2 fully saturated rings. The average Bonchev–Trinajstić information content (AvgIpc) is 3.08. The number of carboxylic acids is 1. The van der Waals surface area contributed by atoms with Gasteiger partial charge in [0.15, 0.2) is 0 Å². The van der Waals surface area contributed by atoms with Crippen LogP contribution in [-0.2, 0) is 9.53 Å². The Morgan fingerprint density at radius 2 is 2.11 bits per heavy atom. The highest BCUT2D eigenvalue weighted by molar-refractivity contribution is 5.80. The second-order valence-corrected chi connectivity index (χ2v) is 5.72. The Labute approximate surface area is 109 Å². The number of hydrogen-bond donors (Lipinski definition) is 2. The Morgan fingerprint density at radius 1 is 1.39 bits per heavy atom. The number of carboxylic acid groups (broad SMARTS) is 1. The third-order valence-electron chi connectivity index (χ3n) is 4.37. The van der Waals surface area contributed by atoms with Crippen molar-refractivity contribution in [3.8, 4) is 0 Å². The van der Waals surface area contributed by atoms with Crippen LogP contribution in [-0.4, -0.2) is 36.4 Å². The minimum Gasteiger partial charge on any atom is -0.480 e. The molecular weight excluding hydrogens is 230 g/mol. The fraction of sp³-hybridized carbons (Fsp3) is 0.929. The molecule has 2 aliphatic carbocycles. The summed E-state index contributed by atoms with van der Waals surface area (Å²) in [6, 6.07) is 0. The standard InChI is InChI=1S/C14H25NO3/c1-2-15-14(13(16)17,12-6-7-12)10-18-9-8-11-4-3-5-11/h11-12,15H,2-10H2,1H3,(H,16,17). The molecule has 0 bridgehead atoms. The zero-order valence-corrected chi connectivity index (χ0v) is 11.3. The van der Waals surface area contributed by atoms with Gasteiger partial charge < -0.3 is 9.84 Å². The highest BCUT2D eigenvalue weighted by atomic mass is 16.5. The van der Waals surface area contributed by atoms with Crippen LogP contribution in [0.2, 0.25) is 0 Å². The van der Waals surface area contributed by atoms with Crippen molar-refractivity contribution in [3.63, 3.8) is 0 Å². The van der Waals surface area contributed by atoms with Gasteiger partial charge in [-0.1, -0.05) is 26.2 Å². The molecule has 1 atom stereocenters. The molecule has 0 heterocycles. The second kappa shape index (κ2) is 6.02. The Balaban J connectivity index is 1.78. The summed E-state index contributed by atoms with van der Waals surface area (Å²) in [6.45, 7) is 3.65. The number of aliphatic carboxylic acids is 1. The van der Waals surface area contributed by atoms with E-state index < -0.39 is 11.5 Å². The molecule has 0 aromatic carbocycles. The normalized spacial score (nSPS) is 23.4. The predicted molar refractivity (Wildman–Crippen MR) is 69.5 cm³/mol. The molecule has 1 unspecified atom stereocenters. The van der Waals surface area contributed by atoms with Crippen LogP contribution in [0.15, 0.2) is 0 Å². The van der Waals surface area contributed by atoms with Crippen LogP contribution in [0, 0.1) is 11.8 Å².